The molecule has 1 saturated heterocycles. The van der Waals surface area contributed by atoms with E-state index in [0.29, 0.717) is 11.0 Å². The van der Waals surface area contributed by atoms with Crippen molar-refractivity contribution in [3.8, 4) is 0 Å². The Hall–Kier alpha value is -0.160. The van der Waals surface area contributed by atoms with Crippen LogP contribution < -0.4 is 5.32 Å². The number of nitrogens with zero attached hydrogens (tertiary/aromatic N) is 2. The van der Waals surface area contributed by atoms with Gasteiger partial charge in [-0.3, -0.25) is 0 Å². The molecular weight excluding hydrogens is 238 g/mol. The minimum atomic E-state index is 0.320. The predicted octanol–water partition coefficient (Wildman–Crippen LogP) is 1.03. The van der Waals surface area contributed by atoms with E-state index in [1.807, 2.05) is 7.05 Å². The maximum atomic E-state index is 5.65. The summed E-state index contributed by atoms with van der Waals surface area (Å²) < 4.78 is 5.65. The molecule has 1 aliphatic carbocycles. The molecule has 1 heterocycles. The highest BCUT2D eigenvalue weighted by Crippen LogP contribution is 2.37. The average Bonchev–Trinajstić information content (AvgIpc) is 2.72. The predicted molar refractivity (Wildman–Crippen MR) is 79.6 cm³/mol. The van der Waals surface area contributed by atoms with E-state index in [2.05, 4.69) is 36.3 Å². The van der Waals surface area contributed by atoms with Gasteiger partial charge in [-0.25, -0.2) is 0 Å². The molecule has 1 aliphatic heterocycles. The van der Waals surface area contributed by atoms with Crippen LogP contribution >= 0.6 is 0 Å². The van der Waals surface area contributed by atoms with Crippen molar-refractivity contribution in [3.05, 3.63) is 0 Å². The molecule has 0 amide bonds. The number of nitrogens with one attached hydrogen (secondary N) is 1. The van der Waals surface area contributed by atoms with Gasteiger partial charge >= 0.3 is 0 Å². The molecule has 0 radical (unpaired) electrons. The van der Waals surface area contributed by atoms with Gasteiger partial charge in [-0.15, -0.1) is 0 Å². The molecule has 0 aromatic carbocycles. The van der Waals surface area contributed by atoms with Crippen LogP contribution in [-0.2, 0) is 4.74 Å². The summed E-state index contributed by atoms with van der Waals surface area (Å²) in [6, 6.07) is 0. The first kappa shape index (κ1) is 15.2. The largest absolute Gasteiger partial charge is 0.381 e. The first-order chi connectivity index (χ1) is 9.02. The van der Waals surface area contributed by atoms with E-state index in [4.69, 9.17) is 4.74 Å². The van der Waals surface area contributed by atoms with E-state index in [1.54, 1.807) is 0 Å². The van der Waals surface area contributed by atoms with Gasteiger partial charge in [0.25, 0.3) is 0 Å². The molecular formula is C15H31N3O. The Morgan fingerprint density at radius 3 is 2.26 bits per heavy atom. The topological polar surface area (TPSA) is 27.7 Å². The molecule has 0 bridgehead atoms. The van der Waals surface area contributed by atoms with Crippen LogP contribution in [0.4, 0.5) is 0 Å². The van der Waals surface area contributed by atoms with Crippen molar-refractivity contribution in [1.82, 2.24) is 15.1 Å². The molecule has 1 saturated carbocycles. The number of ether oxygens (including phenoxy) is 1. The number of likely N-dealkylation sites (N-methyl/N-ethyl adjacent to an activating group) is 2. The van der Waals surface area contributed by atoms with Gasteiger partial charge in [0.1, 0.15) is 0 Å². The Balaban J connectivity index is 1.90. The Bertz CT molecular complexity index is 283. The molecule has 0 aromatic heterocycles. The molecule has 4 nitrogen and oxygen atoms in total. The third kappa shape index (κ3) is 3.30. The van der Waals surface area contributed by atoms with Crippen LogP contribution in [0.15, 0.2) is 0 Å². The number of hydrogen-bond donors (Lipinski definition) is 1. The maximum Gasteiger partial charge on any atom is 0.0547 e. The maximum absolute atomic E-state index is 5.65. The summed E-state index contributed by atoms with van der Waals surface area (Å²) in [7, 11) is 8.79. The van der Waals surface area contributed by atoms with Crippen LogP contribution in [0.5, 0.6) is 0 Å². The average molecular weight is 269 g/mol. The van der Waals surface area contributed by atoms with Gasteiger partial charge in [0.15, 0.2) is 0 Å². The van der Waals surface area contributed by atoms with Crippen LogP contribution in [-0.4, -0.2) is 76.4 Å². The van der Waals surface area contributed by atoms with Crippen molar-refractivity contribution in [2.24, 2.45) is 5.41 Å². The molecule has 2 fully saturated rings. The Morgan fingerprint density at radius 2 is 1.84 bits per heavy atom. The van der Waals surface area contributed by atoms with Crippen LogP contribution in [0.25, 0.3) is 0 Å². The first-order valence-electron chi connectivity index (χ1n) is 7.60. The molecule has 1 atom stereocenters. The van der Waals surface area contributed by atoms with Crippen LogP contribution in [0.2, 0.25) is 0 Å². The molecule has 4 heteroatoms. The van der Waals surface area contributed by atoms with E-state index in [9.17, 15) is 0 Å². The summed E-state index contributed by atoms with van der Waals surface area (Å²) in [5, 5.41) is 3.35. The lowest BCUT2D eigenvalue weighted by Gasteiger charge is -2.50. The molecule has 0 spiro atoms. The van der Waals surface area contributed by atoms with Crippen LogP contribution in [0, 0.1) is 5.41 Å². The molecule has 0 aromatic rings. The van der Waals surface area contributed by atoms with Crippen molar-refractivity contribution in [2.75, 3.05) is 61.0 Å². The minimum absolute atomic E-state index is 0.320. The highest BCUT2D eigenvalue weighted by molar-refractivity contribution is 4.99. The second kappa shape index (κ2) is 6.08. The van der Waals surface area contributed by atoms with E-state index < -0.39 is 0 Å². The SMILES string of the molecule is CNCC1(CN(C)CC2(N(C)C)CCC2)CCOC1. The van der Waals surface area contributed by atoms with Crippen molar-refractivity contribution in [1.29, 1.82) is 0 Å². The summed E-state index contributed by atoms with van der Waals surface area (Å²) >= 11 is 0. The van der Waals surface area contributed by atoms with Gasteiger partial charge in [-0.1, -0.05) is 0 Å². The number of rotatable bonds is 7. The fourth-order valence-electron chi connectivity index (χ4n) is 3.81. The fraction of sp³-hybridized carbons (Fsp3) is 1.00. The molecule has 19 heavy (non-hydrogen) atoms. The Kier molecular flexibility index (Phi) is 4.88. The molecule has 2 rings (SSSR count). The lowest BCUT2D eigenvalue weighted by molar-refractivity contribution is 0.0140. The van der Waals surface area contributed by atoms with Crippen molar-refractivity contribution < 1.29 is 4.74 Å². The highest BCUT2D eigenvalue weighted by atomic mass is 16.5. The van der Waals surface area contributed by atoms with Gasteiger partial charge in [0, 0.05) is 37.2 Å². The van der Waals surface area contributed by atoms with Gasteiger partial charge in [-0.05, 0) is 53.9 Å². The Labute approximate surface area is 118 Å². The second-order valence-corrected chi connectivity index (χ2v) is 6.98. The van der Waals surface area contributed by atoms with Gasteiger partial charge in [0.05, 0.1) is 6.61 Å². The smallest absolute Gasteiger partial charge is 0.0547 e. The van der Waals surface area contributed by atoms with Crippen molar-refractivity contribution >= 4 is 0 Å². The molecule has 1 N–H and O–H groups in total. The zero-order valence-corrected chi connectivity index (χ0v) is 13.2. The summed E-state index contributed by atoms with van der Waals surface area (Å²) in [6.07, 6.45) is 5.27. The van der Waals surface area contributed by atoms with E-state index >= 15 is 0 Å². The van der Waals surface area contributed by atoms with Crippen LogP contribution in [0.3, 0.4) is 0 Å². The zero-order chi connectivity index (χ0) is 13.9. The quantitative estimate of drug-likeness (QED) is 0.747. The Morgan fingerprint density at radius 1 is 1.11 bits per heavy atom. The molecule has 112 valence electrons. The standard InChI is InChI=1S/C15H31N3O/c1-16-10-14(8-9-19-13-14)11-18(4)12-15(17(2)3)6-5-7-15/h16H,5-13H2,1-4H3. The normalized spacial score (nSPS) is 30.0. The monoisotopic (exact) mass is 269 g/mol. The lowest BCUT2D eigenvalue weighted by atomic mass is 9.75. The van der Waals surface area contributed by atoms with Crippen molar-refractivity contribution in [3.63, 3.8) is 0 Å². The third-order valence-electron chi connectivity index (χ3n) is 5.14. The van der Waals surface area contributed by atoms with Crippen molar-refractivity contribution in [2.45, 2.75) is 31.2 Å². The zero-order valence-electron chi connectivity index (χ0n) is 13.2. The van der Waals surface area contributed by atoms with Gasteiger partial charge in [0.2, 0.25) is 0 Å². The summed E-state index contributed by atoms with van der Waals surface area (Å²) in [5.74, 6) is 0. The summed E-state index contributed by atoms with van der Waals surface area (Å²) in [5.41, 5.74) is 0.746. The van der Waals surface area contributed by atoms with E-state index in [0.717, 1.165) is 26.3 Å². The first-order valence-corrected chi connectivity index (χ1v) is 7.60. The third-order valence-corrected chi connectivity index (χ3v) is 5.14. The minimum Gasteiger partial charge on any atom is -0.381 e. The summed E-state index contributed by atoms with van der Waals surface area (Å²) in [6.45, 7) is 5.22. The van der Waals surface area contributed by atoms with Crippen LogP contribution in [0.1, 0.15) is 25.7 Å². The summed E-state index contributed by atoms with van der Waals surface area (Å²) in [4.78, 5) is 4.97. The highest BCUT2D eigenvalue weighted by Gasteiger charge is 2.42. The number of hydrogen-bond acceptors (Lipinski definition) is 4. The van der Waals surface area contributed by atoms with Gasteiger partial charge in [-0.2, -0.15) is 0 Å². The lowest BCUT2D eigenvalue weighted by Crippen LogP contribution is -2.58. The molecule has 2 aliphatic rings. The van der Waals surface area contributed by atoms with E-state index in [-0.39, 0.29) is 0 Å². The van der Waals surface area contributed by atoms with E-state index in [1.165, 1.54) is 32.2 Å². The molecule has 1 unspecified atom stereocenters. The second-order valence-electron chi connectivity index (χ2n) is 6.98. The fourth-order valence-corrected chi connectivity index (χ4v) is 3.81. The van der Waals surface area contributed by atoms with Gasteiger partial charge < -0.3 is 19.9 Å².